The number of ketones is 1. The Morgan fingerprint density at radius 1 is 0.806 bits per heavy atom. The molecular weight excluding hydrogens is 384 g/mol. The standard InChI is InChI=1S/C27H20N2O2/c1-18-12-14-20(15-13-18)23-17-21-9-4-5-16-29(21)25(23)26(30)27(31)28-24-11-6-8-19-7-2-3-10-22(19)24/h2-17H,1H3,(H,28,31). The first-order chi connectivity index (χ1) is 15.1. The van der Waals surface area contributed by atoms with Gasteiger partial charge in [-0.2, -0.15) is 0 Å². The van der Waals surface area contributed by atoms with Crippen LogP contribution in [0.25, 0.3) is 27.4 Å². The summed E-state index contributed by atoms with van der Waals surface area (Å²) in [5, 5.41) is 4.72. The van der Waals surface area contributed by atoms with Gasteiger partial charge in [-0.25, -0.2) is 0 Å². The highest BCUT2D eigenvalue weighted by Gasteiger charge is 2.25. The molecule has 0 fully saturated rings. The lowest BCUT2D eigenvalue weighted by Gasteiger charge is -2.10. The van der Waals surface area contributed by atoms with Gasteiger partial charge in [0.05, 0.1) is 0 Å². The molecule has 0 aliphatic carbocycles. The van der Waals surface area contributed by atoms with Crippen LogP contribution in [0.3, 0.4) is 0 Å². The second kappa shape index (κ2) is 7.58. The van der Waals surface area contributed by atoms with Crippen molar-refractivity contribution in [3.05, 3.63) is 108 Å². The van der Waals surface area contributed by atoms with Gasteiger partial charge in [0.25, 0.3) is 11.7 Å². The molecule has 150 valence electrons. The summed E-state index contributed by atoms with van der Waals surface area (Å²) in [7, 11) is 0. The summed E-state index contributed by atoms with van der Waals surface area (Å²) in [4.78, 5) is 26.5. The van der Waals surface area contributed by atoms with Crippen molar-refractivity contribution in [3.8, 4) is 11.1 Å². The third-order valence-electron chi connectivity index (χ3n) is 5.50. The summed E-state index contributed by atoms with van der Waals surface area (Å²) < 4.78 is 1.78. The molecule has 0 aliphatic rings. The lowest BCUT2D eigenvalue weighted by atomic mass is 10.0. The lowest BCUT2D eigenvalue weighted by molar-refractivity contribution is -0.112. The Bertz CT molecular complexity index is 1440. The molecule has 5 rings (SSSR count). The summed E-state index contributed by atoms with van der Waals surface area (Å²) in [6, 6.07) is 29.0. The Morgan fingerprint density at radius 3 is 2.39 bits per heavy atom. The third kappa shape index (κ3) is 3.38. The van der Waals surface area contributed by atoms with Gasteiger partial charge in [-0.3, -0.25) is 9.59 Å². The smallest absolute Gasteiger partial charge is 0.298 e. The van der Waals surface area contributed by atoms with Crippen molar-refractivity contribution in [2.75, 3.05) is 5.32 Å². The van der Waals surface area contributed by atoms with Gasteiger partial charge in [-0.15, -0.1) is 0 Å². The van der Waals surface area contributed by atoms with Crippen LogP contribution in [0.5, 0.6) is 0 Å². The monoisotopic (exact) mass is 404 g/mol. The number of Topliss-reactive ketones (excluding diaryl/α,β-unsaturated/α-hetero) is 1. The van der Waals surface area contributed by atoms with Crippen LogP contribution in [0.1, 0.15) is 16.1 Å². The summed E-state index contributed by atoms with van der Waals surface area (Å²) in [6.45, 7) is 2.02. The number of pyridine rings is 1. The SMILES string of the molecule is Cc1ccc(-c2cc3ccccn3c2C(=O)C(=O)Nc2cccc3ccccc23)cc1. The number of nitrogens with zero attached hydrogens (tertiary/aromatic N) is 1. The second-order valence-electron chi connectivity index (χ2n) is 7.58. The van der Waals surface area contributed by atoms with Gasteiger partial charge in [0, 0.05) is 28.4 Å². The number of fused-ring (bicyclic) bond motifs is 2. The van der Waals surface area contributed by atoms with Crippen LogP contribution in [0.4, 0.5) is 5.69 Å². The fourth-order valence-corrected chi connectivity index (χ4v) is 3.93. The first-order valence-corrected chi connectivity index (χ1v) is 10.1. The van der Waals surface area contributed by atoms with Crippen molar-refractivity contribution in [3.63, 3.8) is 0 Å². The van der Waals surface area contributed by atoms with Gasteiger partial charge in [-0.05, 0) is 42.1 Å². The van der Waals surface area contributed by atoms with Crippen molar-refractivity contribution in [1.29, 1.82) is 0 Å². The zero-order valence-corrected chi connectivity index (χ0v) is 17.0. The van der Waals surface area contributed by atoms with Gasteiger partial charge in [0.2, 0.25) is 0 Å². The van der Waals surface area contributed by atoms with Crippen LogP contribution in [0, 0.1) is 6.92 Å². The lowest BCUT2D eigenvalue weighted by Crippen LogP contribution is -2.24. The fourth-order valence-electron chi connectivity index (χ4n) is 3.93. The van der Waals surface area contributed by atoms with Crippen LogP contribution in [-0.2, 0) is 4.79 Å². The van der Waals surface area contributed by atoms with Gasteiger partial charge < -0.3 is 9.72 Å². The van der Waals surface area contributed by atoms with E-state index in [0.717, 1.165) is 33.0 Å². The second-order valence-corrected chi connectivity index (χ2v) is 7.58. The van der Waals surface area contributed by atoms with E-state index in [0.29, 0.717) is 11.4 Å². The molecule has 0 aliphatic heterocycles. The predicted octanol–water partition coefficient (Wildman–Crippen LogP) is 5.89. The topological polar surface area (TPSA) is 50.6 Å². The van der Waals surface area contributed by atoms with Crippen molar-refractivity contribution < 1.29 is 9.59 Å². The van der Waals surface area contributed by atoms with E-state index in [-0.39, 0.29) is 0 Å². The van der Waals surface area contributed by atoms with E-state index in [4.69, 9.17) is 0 Å². The molecule has 0 saturated carbocycles. The van der Waals surface area contributed by atoms with Crippen LogP contribution >= 0.6 is 0 Å². The maximum Gasteiger partial charge on any atom is 0.298 e. The fraction of sp³-hybridized carbons (Fsp3) is 0.0370. The number of benzene rings is 3. The Kier molecular flexibility index (Phi) is 4.60. The van der Waals surface area contributed by atoms with Gasteiger partial charge in [0.15, 0.2) is 0 Å². The first kappa shape index (κ1) is 18.8. The van der Waals surface area contributed by atoms with E-state index < -0.39 is 11.7 Å². The minimum Gasteiger partial charge on any atom is -0.319 e. The Hall–Kier alpha value is -4.18. The number of hydrogen-bond donors (Lipinski definition) is 1. The summed E-state index contributed by atoms with van der Waals surface area (Å²) in [5.74, 6) is -1.23. The molecule has 0 unspecified atom stereocenters. The molecule has 4 nitrogen and oxygen atoms in total. The molecule has 3 aromatic carbocycles. The van der Waals surface area contributed by atoms with Crippen molar-refractivity contribution in [2.24, 2.45) is 0 Å². The number of nitrogens with one attached hydrogen (secondary N) is 1. The van der Waals surface area contributed by atoms with Crippen LogP contribution in [-0.4, -0.2) is 16.1 Å². The average molecular weight is 404 g/mol. The highest BCUT2D eigenvalue weighted by molar-refractivity contribution is 6.47. The molecule has 0 bridgehead atoms. The molecule has 0 spiro atoms. The average Bonchev–Trinajstić information content (AvgIpc) is 3.19. The van der Waals surface area contributed by atoms with E-state index in [1.54, 1.807) is 4.40 Å². The van der Waals surface area contributed by atoms with E-state index in [9.17, 15) is 9.59 Å². The molecular formula is C27H20N2O2. The van der Waals surface area contributed by atoms with Gasteiger partial charge in [0.1, 0.15) is 5.69 Å². The number of amides is 1. The number of carbonyl (C=O) groups excluding carboxylic acids is 2. The van der Waals surface area contributed by atoms with Crippen LogP contribution in [0.2, 0.25) is 0 Å². The Balaban J connectivity index is 1.58. The van der Waals surface area contributed by atoms with Crippen LogP contribution < -0.4 is 5.32 Å². The molecule has 5 aromatic rings. The minimum absolute atomic E-state index is 0.359. The first-order valence-electron chi connectivity index (χ1n) is 10.1. The highest BCUT2D eigenvalue weighted by atomic mass is 16.2. The molecule has 2 heterocycles. The largest absolute Gasteiger partial charge is 0.319 e. The van der Waals surface area contributed by atoms with Gasteiger partial charge >= 0.3 is 0 Å². The molecule has 2 aromatic heterocycles. The number of anilines is 1. The molecule has 0 saturated heterocycles. The van der Waals surface area contributed by atoms with E-state index in [1.807, 2.05) is 104 Å². The maximum absolute atomic E-state index is 13.4. The number of aromatic nitrogens is 1. The van der Waals surface area contributed by atoms with Crippen LogP contribution in [0.15, 0.2) is 97.2 Å². The Labute approximate surface area is 179 Å². The summed E-state index contributed by atoms with van der Waals surface area (Å²) >= 11 is 0. The normalized spacial score (nSPS) is 11.0. The number of aryl methyl sites for hydroxylation is 1. The zero-order valence-electron chi connectivity index (χ0n) is 17.0. The number of rotatable bonds is 4. The number of hydrogen-bond acceptors (Lipinski definition) is 2. The molecule has 31 heavy (non-hydrogen) atoms. The van der Waals surface area contributed by atoms with E-state index in [1.165, 1.54) is 0 Å². The molecule has 4 heteroatoms. The molecule has 1 amide bonds. The van der Waals surface area contributed by atoms with E-state index in [2.05, 4.69) is 5.32 Å². The van der Waals surface area contributed by atoms with Gasteiger partial charge in [-0.1, -0.05) is 72.3 Å². The van der Waals surface area contributed by atoms with Crippen molar-refractivity contribution in [2.45, 2.75) is 6.92 Å². The predicted molar refractivity (Wildman–Crippen MR) is 124 cm³/mol. The Morgan fingerprint density at radius 2 is 1.55 bits per heavy atom. The quantitative estimate of drug-likeness (QED) is 0.300. The zero-order chi connectivity index (χ0) is 21.4. The maximum atomic E-state index is 13.4. The minimum atomic E-state index is -0.659. The van der Waals surface area contributed by atoms with Crippen molar-refractivity contribution >= 4 is 33.7 Å². The molecule has 1 N–H and O–H groups in total. The summed E-state index contributed by atoms with van der Waals surface area (Å²) in [5.41, 5.74) is 4.61. The molecule has 0 atom stereocenters. The highest BCUT2D eigenvalue weighted by Crippen LogP contribution is 2.29. The summed E-state index contributed by atoms with van der Waals surface area (Å²) in [6.07, 6.45) is 1.81. The molecule has 0 radical (unpaired) electrons. The number of carbonyl (C=O) groups is 2. The van der Waals surface area contributed by atoms with E-state index >= 15 is 0 Å². The van der Waals surface area contributed by atoms with Crippen molar-refractivity contribution in [1.82, 2.24) is 4.40 Å². The third-order valence-corrected chi connectivity index (χ3v) is 5.50.